The predicted molar refractivity (Wildman–Crippen MR) is 145 cm³/mol. The lowest BCUT2D eigenvalue weighted by Gasteiger charge is -2.52. The SMILES string of the molecule is COC(C1CCCCCCCCC1)(C1CCCCCCCCC1)C1CCCCCCCCC1. The van der Waals surface area contributed by atoms with Crippen LogP contribution in [0.3, 0.4) is 0 Å². The second-order valence-corrected chi connectivity index (χ2v) is 12.3. The molecule has 0 radical (unpaired) electrons. The molecule has 1 heteroatoms. The summed E-state index contributed by atoms with van der Waals surface area (Å²) in [5.74, 6) is 2.42. The van der Waals surface area contributed by atoms with Gasteiger partial charge in [-0.2, -0.15) is 0 Å². The molecule has 0 aromatic rings. The fourth-order valence-electron chi connectivity index (χ4n) is 8.28. The van der Waals surface area contributed by atoms with E-state index in [-0.39, 0.29) is 5.60 Å². The summed E-state index contributed by atoms with van der Waals surface area (Å²) < 4.78 is 7.06. The third-order valence-electron chi connectivity index (χ3n) is 10.1. The molecule has 0 spiro atoms. The van der Waals surface area contributed by atoms with Crippen LogP contribution in [0.15, 0.2) is 0 Å². The Hall–Kier alpha value is -0.0400. The molecule has 33 heavy (non-hydrogen) atoms. The molecule has 3 rings (SSSR count). The molecule has 3 saturated carbocycles. The van der Waals surface area contributed by atoms with Crippen molar-refractivity contribution >= 4 is 0 Å². The Morgan fingerprint density at radius 1 is 0.333 bits per heavy atom. The zero-order valence-electron chi connectivity index (χ0n) is 22.7. The van der Waals surface area contributed by atoms with E-state index in [1.807, 2.05) is 0 Å². The van der Waals surface area contributed by atoms with E-state index >= 15 is 0 Å². The molecule has 0 unspecified atom stereocenters. The first-order valence-corrected chi connectivity index (χ1v) is 15.9. The number of ether oxygens (including phenoxy) is 1. The Morgan fingerprint density at radius 3 is 0.697 bits per heavy atom. The third kappa shape index (κ3) is 8.84. The fraction of sp³-hybridized carbons (Fsp3) is 1.00. The fourth-order valence-corrected chi connectivity index (χ4v) is 8.28. The molecule has 3 aliphatic rings. The van der Waals surface area contributed by atoms with Crippen LogP contribution in [0, 0.1) is 17.8 Å². The molecule has 0 aliphatic heterocycles. The highest BCUT2D eigenvalue weighted by Crippen LogP contribution is 2.50. The number of rotatable bonds is 4. The number of hydrogen-bond acceptors (Lipinski definition) is 1. The van der Waals surface area contributed by atoms with E-state index in [0.717, 1.165) is 17.8 Å². The van der Waals surface area contributed by atoms with E-state index < -0.39 is 0 Å². The van der Waals surface area contributed by atoms with E-state index in [4.69, 9.17) is 4.74 Å². The van der Waals surface area contributed by atoms with E-state index in [0.29, 0.717) is 0 Å². The maximum Gasteiger partial charge on any atom is 0.0762 e. The van der Waals surface area contributed by atoms with Gasteiger partial charge in [0.1, 0.15) is 0 Å². The average Bonchev–Trinajstić information content (AvgIpc) is 2.86. The van der Waals surface area contributed by atoms with Crippen LogP contribution in [0.4, 0.5) is 0 Å². The van der Waals surface area contributed by atoms with Gasteiger partial charge in [-0.15, -0.1) is 0 Å². The van der Waals surface area contributed by atoms with Crippen molar-refractivity contribution in [1.29, 1.82) is 0 Å². The molecule has 3 aliphatic carbocycles. The Bertz CT molecular complexity index is 377. The third-order valence-corrected chi connectivity index (χ3v) is 10.1. The van der Waals surface area contributed by atoms with Crippen molar-refractivity contribution in [3.8, 4) is 0 Å². The zero-order chi connectivity index (χ0) is 23.0. The first kappa shape index (κ1) is 27.5. The first-order valence-electron chi connectivity index (χ1n) is 15.9. The topological polar surface area (TPSA) is 9.23 Å². The van der Waals surface area contributed by atoms with Crippen LogP contribution in [-0.2, 0) is 4.74 Å². The summed E-state index contributed by atoms with van der Waals surface area (Å²) in [7, 11) is 2.16. The van der Waals surface area contributed by atoms with Gasteiger partial charge in [-0.25, -0.2) is 0 Å². The van der Waals surface area contributed by atoms with Crippen LogP contribution in [0.5, 0.6) is 0 Å². The molecule has 0 saturated heterocycles. The molecule has 0 aromatic heterocycles. The second-order valence-electron chi connectivity index (χ2n) is 12.3. The first-order chi connectivity index (χ1) is 16.4. The lowest BCUT2D eigenvalue weighted by molar-refractivity contribution is -0.158. The molecule has 0 amide bonds. The summed E-state index contributed by atoms with van der Waals surface area (Å²) in [6.07, 6.45) is 39.4. The molecule has 0 bridgehead atoms. The number of hydrogen-bond donors (Lipinski definition) is 0. The van der Waals surface area contributed by atoms with Crippen molar-refractivity contribution in [1.82, 2.24) is 0 Å². The van der Waals surface area contributed by atoms with E-state index in [1.165, 1.54) is 173 Å². The minimum absolute atomic E-state index is 0.164. The lowest BCUT2D eigenvalue weighted by Crippen LogP contribution is -2.53. The van der Waals surface area contributed by atoms with Gasteiger partial charge in [0.2, 0.25) is 0 Å². The lowest BCUT2D eigenvalue weighted by atomic mass is 9.60. The summed E-state index contributed by atoms with van der Waals surface area (Å²) in [6.45, 7) is 0. The van der Waals surface area contributed by atoms with Gasteiger partial charge in [-0.05, 0) is 56.3 Å². The van der Waals surface area contributed by atoms with Gasteiger partial charge >= 0.3 is 0 Å². The molecular formula is C32H60O. The van der Waals surface area contributed by atoms with Gasteiger partial charge < -0.3 is 4.74 Å². The van der Waals surface area contributed by atoms with Gasteiger partial charge in [0.15, 0.2) is 0 Å². The second kappa shape index (κ2) is 16.6. The van der Waals surface area contributed by atoms with Crippen LogP contribution >= 0.6 is 0 Å². The Kier molecular flexibility index (Phi) is 13.9. The van der Waals surface area contributed by atoms with Crippen molar-refractivity contribution in [2.75, 3.05) is 7.11 Å². The van der Waals surface area contributed by atoms with Crippen molar-refractivity contribution in [2.45, 2.75) is 179 Å². The van der Waals surface area contributed by atoms with E-state index in [9.17, 15) is 0 Å². The highest BCUT2D eigenvalue weighted by atomic mass is 16.5. The van der Waals surface area contributed by atoms with Crippen LogP contribution in [0.1, 0.15) is 173 Å². The van der Waals surface area contributed by atoms with Crippen molar-refractivity contribution in [3.05, 3.63) is 0 Å². The summed E-state index contributed by atoms with van der Waals surface area (Å²) in [4.78, 5) is 0. The normalized spacial score (nSPS) is 26.5. The monoisotopic (exact) mass is 460 g/mol. The van der Waals surface area contributed by atoms with Crippen molar-refractivity contribution in [3.63, 3.8) is 0 Å². The maximum atomic E-state index is 7.06. The van der Waals surface area contributed by atoms with Gasteiger partial charge in [0.25, 0.3) is 0 Å². The van der Waals surface area contributed by atoms with Crippen LogP contribution in [0.25, 0.3) is 0 Å². The summed E-state index contributed by atoms with van der Waals surface area (Å²) in [5, 5.41) is 0. The molecule has 3 fully saturated rings. The van der Waals surface area contributed by atoms with Crippen LogP contribution < -0.4 is 0 Å². The van der Waals surface area contributed by atoms with Crippen LogP contribution in [0.2, 0.25) is 0 Å². The molecule has 0 atom stereocenters. The Balaban J connectivity index is 1.89. The van der Waals surface area contributed by atoms with Gasteiger partial charge in [0.05, 0.1) is 5.60 Å². The van der Waals surface area contributed by atoms with Gasteiger partial charge in [-0.1, -0.05) is 135 Å². The molecule has 0 aromatic carbocycles. The predicted octanol–water partition coefficient (Wildman–Crippen LogP) is 10.8. The highest BCUT2D eigenvalue weighted by Gasteiger charge is 2.49. The van der Waals surface area contributed by atoms with Crippen molar-refractivity contribution < 1.29 is 4.74 Å². The van der Waals surface area contributed by atoms with Gasteiger partial charge in [-0.3, -0.25) is 0 Å². The Morgan fingerprint density at radius 2 is 0.515 bits per heavy atom. The quantitative estimate of drug-likeness (QED) is 0.405. The zero-order valence-corrected chi connectivity index (χ0v) is 22.7. The molecular weight excluding hydrogens is 400 g/mol. The van der Waals surface area contributed by atoms with Crippen LogP contribution in [-0.4, -0.2) is 12.7 Å². The van der Waals surface area contributed by atoms with E-state index in [2.05, 4.69) is 7.11 Å². The Labute approximate surface area is 208 Å². The summed E-state index contributed by atoms with van der Waals surface area (Å²) >= 11 is 0. The molecule has 0 N–H and O–H groups in total. The summed E-state index contributed by atoms with van der Waals surface area (Å²) in [6, 6.07) is 0. The average molecular weight is 461 g/mol. The smallest absolute Gasteiger partial charge is 0.0762 e. The largest absolute Gasteiger partial charge is 0.377 e. The van der Waals surface area contributed by atoms with Crippen molar-refractivity contribution in [2.24, 2.45) is 17.8 Å². The summed E-state index contributed by atoms with van der Waals surface area (Å²) in [5.41, 5.74) is 0.164. The molecule has 1 nitrogen and oxygen atoms in total. The maximum absolute atomic E-state index is 7.06. The number of methoxy groups -OCH3 is 1. The minimum Gasteiger partial charge on any atom is -0.377 e. The molecule has 0 heterocycles. The minimum atomic E-state index is 0.164. The standard InChI is InChI=1S/C32H60O/c1-33-32(29-23-17-11-5-2-6-12-18-24-29,30-25-19-13-7-3-8-14-20-26-30)31-27-21-15-9-4-10-16-22-28-31/h29-31H,2-28H2,1H3. The van der Waals surface area contributed by atoms with Gasteiger partial charge in [0, 0.05) is 7.11 Å². The highest BCUT2D eigenvalue weighted by molar-refractivity contribution is 4.99. The van der Waals surface area contributed by atoms with E-state index in [1.54, 1.807) is 0 Å². The molecule has 194 valence electrons.